The van der Waals surface area contributed by atoms with E-state index >= 15 is 0 Å². The van der Waals surface area contributed by atoms with E-state index < -0.39 is 6.04 Å². The van der Waals surface area contributed by atoms with Crippen molar-refractivity contribution in [2.45, 2.75) is 25.3 Å². The second-order valence-corrected chi connectivity index (χ2v) is 7.10. The molecule has 0 saturated carbocycles. The lowest BCUT2D eigenvalue weighted by Crippen LogP contribution is -2.38. The summed E-state index contributed by atoms with van der Waals surface area (Å²) in [5.74, 6) is -0.865. The normalized spacial score (nSPS) is 16.6. The third-order valence-electron chi connectivity index (χ3n) is 4.74. The fourth-order valence-corrected chi connectivity index (χ4v) is 3.55. The number of halogens is 1. The second-order valence-electron chi connectivity index (χ2n) is 6.74. The molecule has 3 rings (SSSR count). The molecule has 0 bridgehead atoms. The zero-order valence-electron chi connectivity index (χ0n) is 15.6. The van der Waals surface area contributed by atoms with Crippen molar-refractivity contribution in [2.24, 2.45) is 0 Å². The van der Waals surface area contributed by atoms with Gasteiger partial charge in [0.05, 0.1) is 6.42 Å². The summed E-state index contributed by atoms with van der Waals surface area (Å²) in [6.07, 6.45) is 1.68. The summed E-state index contributed by atoms with van der Waals surface area (Å²) in [7, 11) is 1.63. The highest BCUT2D eigenvalue weighted by atomic mass is 32.1. The Morgan fingerprint density at radius 2 is 1.82 bits per heavy atom. The third-order valence-corrected chi connectivity index (χ3v) is 5.25. The molecule has 1 atom stereocenters. The molecule has 1 aliphatic heterocycles. The van der Waals surface area contributed by atoms with Crippen molar-refractivity contribution in [2.75, 3.05) is 18.9 Å². The fourth-order valence-electron chi connectivity index (χ4n) is 3.25. The molecular weight excluding hydrogens is 377 g/mol. The highest BCUT2D eigenvalue weighted by molar-refractivity contribution is 7.80. The summed E-state index contributed by atoms with van der Waals surface area (Å²) in [6.45, 7) is 0.596. The van der Waals surface area contributed by atoms with Crippen molar-refractivity contribution < 1.29 is 14.0 Å². The second kappa shape index (κ2) is 8.93. The van der Waals surface area contributed by atoms with Crippen LogP contribution in [-0.2, 0) is 16.0 Å². The Kier molecular flexibility index (Phi) is 6.36. The molecule has 146 valence electrons. The lowest BCUT2D eigenvalue weighted by Gasteiger charge is -2.23. The molecule has 0 unspecified atom stereocenters. The number of carbonyl (C=O) groups is 2. The number of anilines is 1. The Bertz CT molecular complexity index is 858. The van der Waals surface area contributed by atoms with Gasteiger partial charge in [-0.05, 0) is 54.9 Å². The molecule has 1 N–H and O–H groups in total. The van der Waals surface area contributed by atoms with Gasteiger partial charge in [0.1, 0.15) is 11.9 Å². The first-order valence-corrected chi connectivity index (χ1v) is 9.54. The van der Waals surface area contributed by atoms with Crippen LogP contribution in [0.3, 0.4) is 0 Å². The minimum atomic E-state index is -0.617. The molecule has 1 aliphatic rings. The SMILES string of the molecule is CN1C(=O)[C@H](CC(=O)Nc2ccc(F)cc2)N(CCCc2ccccc2)C1=S. The first kappa shape index (κ1) is 19.9. The van der Waals surface area contributed by atoms with E-state index in [0.717, 1.165) is 12.8 Å². The number of carbonyl (C=O) groups excluding carboxylic acids is 2. The standard InChI is InChI=1S/C21H22FN3O2S/c1-24-20(27)18(14-19(26)23-17-11-9-16(22)10-12-17)25(21(24)28)13-5-8-15-6-3-2-4-7-15/h2-4,6-7,9-12,18H,5,8,13-14H2,1H3,(H,23,26)/t18-/m0/s1. The van der Waals surface area contributed by atoms with Gasteiger partial charge < -0.3 is 10.2 Å². The van der Waals surface area contributed by atoms with E-state index in [1.54, 1.807) is 7.05 Å². The minimum absolute atomic E-state index is 0.00791. The molecule has 2 aromatic rings. The molecule has 5 nitrogen and oxygen atoms in total. The van der Waals surface area contributed by atoms with Gasteiger partial charge in [-0.2, -0.15) is 0 Å². The average Bonchev–Trinajstić information content (AvgIpc) is 2.89. The Labute approximate surface area is 169 Å². The predicted molar refractivity (Wildman–Crippen MR) is 110 cm³/mol. The van der Waals surface area contributed by atoms with Gasteiger partial charge in [0.15, 0.2) is 5.11 Å². The summed E-state index contributed by atoms with van der Waals surface area (Å²) in [6, 6.07) is 15.0. The maximum Gasteiger partial charge on any atom is 0.251 e. The van der Waals surface area contributed by atoms with Gasteiger partial charge in [-0.15, -0.1) is 0 Å². The Balaban J connectivity index is 1.61. The molecule has 2 aromatic carbocycles. The van der Waals surface area contributed by atoms with Crippen LogP contribution in [0.4, 0.5) is 10.1 Å². The number of likely N-dealkylation sites (N-methyl/N-ethyl adjacent to an activating group) is 1. The number of aryl methyl sites for hydroxylation is 1. The van der Waals surface area contributed by atoms with Gasteiger partial charge >= 0.3 is 0 Å². The zero-order chi connectivity index (χ0) is 20.1. The first-order chi connectivity index (χ1) is 13.5. The number of nitrogens with one attached hydrogen (secondary N) is 1. The van der Waals surface area contributed by atoms with Crippen molar-refractivity contribution >= 4 is 34.8 Å². The summed E-state index contributed by atoms with van der Waals surface area (Å²) >= 11 is 5.40. The number of nitrogens with zero attached hydrogens (tertiary/aromatic N) is 2. The monoisotopic (exact) mass is 399 g/mol. The number of thiocarbonyl (C=S) groups is 1. The Morgan fingerprint density at radius 3 is 2.50 bits per heavy atom. The molecule has 0 aromatic heterocycles. The number of amides is 2. The van der Waals surface area contributed by atoms with Gasteiger partial charge in [-0.1, -0.05) is 30.3 Å². The van der Waals surface area contributed by atoms with Crippen LogP contribution in [-0.4, -0.2) is 46.4 Å². The van der Waals surface area contributed by atoms with Gasteiger partial charge in [0.2, 0.25) is 5.91 Å². The minimum Gasteiger partial charge on any atom is -0.336 e. The van der Waals surface area contributed by atoms with Crippen molar-refractivity contribution in [3.8, 4) is 0 Å². The third kappa shape index (κ3) is 4.72. The van der Waals surface area contributed by atoms with Crippen LogP contribution < -0.4 is 5.32 Å². The van der Waals surface area contributed by atoms with E-state index in [1.165, 1.54) is 34.7 Å². The van der Waals surface area contributed by atoms with Gasteiger partial charge in [0, 0.05) is 19.3 Å². The largest absolute Gasteiger partial charge is 0.336 e. The predicted octanol–water partition coefficient (Wildman–Crippen LogP) is 3.21. The van der Waals surface area contributed by atoms with E-state index in [9.17, 15) is 14.0 Å². The smallest absolute Gasteiger partial charge is 0.251 e. The van der Waals surface area contributed by atoms with Crippen LogP contribution in [0.25, 0.3) is 0 Å². The van der Waals surface area contributed by atoms with Gasteiger partial charge in [-0.25, -0.2) is 4.39 Å². The average molecular weight is 399 g/mol. The van der Waals surface area contributed by atoms with Crippen LogP contribution in [0.5, 0.6) is 0 Å². The van der Waals surface area contributed by atoms with Gasteiger partial charge in [-0.3, -0.25) is 14.5 Å². The molecule has 1 heterocycles. The van der Waals surface area contributed by atoms with Crippen LogP contribution in [0, 0.1) is 5.82 Å². The summed E-state index contributed by atoms with van der Waals surface area (Å²) in [5.41, 5.74) is 1.71. The molecular formula is C21H22FN3O2S. The summed E-state index contributed by atoms with van der Waals surface area (Å²) in [5, 5.41) is 3.14. The summed E-state index contributed by atoms with van der Waals surface area (Å²) in [4.78, 5) is 28.2. The number of rotatable bonds is 7. The quantitative estimate of drug-likeness (QED) is 0.727. The van der Waals surface area contributed by atoms with E-state index in [0.29, 0.717) is 17.3 Å². The summed E-state index contributed by atoms with van der Waals surface area (Å²) < 4.78 is 13.0. The van der Waals surface area contributed by atoms with Gasteiger partial charge in [0.25, 0.3) is 5.91 Å². The molecule has 2 amide bonds. The molecule has 28 heavy (non-hydrogen) atoms. The maximum absolute atomic E-state index is 13.0. The van der Waals surface area contributed by atoms with E-state index in [1.807, 2.05) is 23.1 Å². The highest BCUT2D eigenvalue weighted by Crippen LogP contribution is 2.21. The van der Waals surface area contributed by atoms with E-state index in [4.69, 9.17) is 12.2 Å². The van der Waals surface area contributed by atoms with Crippen LogP contribution in [0.1, 0.15) is 18.4 Å². The van der Waals surface area contributed by atoms with E-state index in [-0.39, 0.29) is 24.1 Å². The molecule has 1 fully saturated rings. The lowest BCUT2D eigenvalue weighted by molar-refractivity contribution is -0.130. The first-order valence-electron chi connectivity index (χ1n) is 9.13. The lowest BCUT2D eigenvalue weighted by atomic mass is 10.1. The Morgan fingerprint density at radius 1 is 1.14 bits per heavy atom. The van der Waals surface area contributed by atoms with Crippen LogP contribution >= 0.6 is 12.2 Å². The molecule has 7 heteroatoms. The van der Waals surface area contributed by atoms with Crippen LogP contribution in [0.15, 0.2) is 54.6 Å². The maximum atomic E-state index is 13.0. The molecule has 0 aliphatic carbocycles. The fraction of sp³-hybridized carbons (Fsp3) is 0.286. The number of hydrogen-bond acceptors (Lipinski definition) is 3. The van der Waals surface area contributed by atoms with Crippen LogP contribution in [0.2, 0.25) is 0 Å². The molecule has 0 spiro atoms. The molecule has 1 saturated heterocycles. The van der Waals surface area contributed by atoms with Crippen molar-refractivity contribution in [1.29, 1.82) is 0 Å². The highest BCUT2D eigenvalue weighted by Gasteiger charge is 2.41. The molecule has 0 radical (unpaired) electrons. The van der Waals surface area contributed by atoms with Crippen molar-refractivity contribution in [3.63, 3.8) is 0 Å². The topological polar surface area (TPSA) is 52.7 Å². The number of hydrogen-bond donors (Lipinski definition) is 1. The van der Waals surface area contributed by atoms with E-state index in [2.05, 4.69) is 17.4 Å². The van der Waals surface area contributed by atoms with Crippen molar-refractivity contribution in [1.82, 2.24) is 9.80 Å². The number of benzene rings is 2. The zero-order valence-corrected chi connectivity index (χ0v) is 16.4. The van der Waals surface area contributed by atoms with Crippen molar-refractivity contribution in [3.05, 3.63) is 66.0 Å². The Hall–Kier alpha value is -2.80.